The maximum atomic E-state index is 15.5. The van der Waals surface area contributed by atoms with Gasteiger partial charge in [-0.25, -0.2) is 0 Å². The summed E-state index contributed by atoms with van der Waals surface area (Å²) < 4.78 is 2.78. The molecule has 0 radical (unpaired) electrons. The van der Waals surface area contributed by atoms with Crippen molar-refractivity contribution in [3.8, 4) is 40.4 Å². The van der Waals surface area contributed by atoms with Crippen molar-refractivity contribution in [2.75, 3.05) is 0 Å². The van der Waals surface area contributed by atoms with Crippen molar-refractivity contribution in [1.82, 2.24) is 6.15 Å². The van der Waals surface area contributed by atoms with Gasteiger partial charge in [0.15, 0.2) is 11.6 Å². The zero-order valence-corrected chi connectivity index (χ0v) is 53.2. The lowest BCUT2D eigenvalue weighted by atomic mass is 9.81. The first-order valence-corrected chi connectivity index (χ1v) is 34.8. The lowest BCUT2D eigenvalue weighted by Gasteiger charge is -2.19. The van der Waals surface area contributed by atoms with E-state index in [-0.39, 0.29) is 17.7 Å². The molecule has 7 aromatic heterocycles. The third-order valence-electron chi connectivity index (χ3n) is 16.6. The number of benzene rings is 1. The molecule has 3 N–H and O–H groups in total. The highest BCUT2D eigenvalue weighted by Crippen LogP contribution is 2.55. The molecule has 1 aromatic carbocycles. The molecule has 9 rings (SSSR count). The fourth-order valence-electron chi connectivity index (χ4n) is 12.0. The Balaban J connectivity index is 0.00000765. The molecule has 0 spiro atoms. The minimum absolute atomic E-state index is 0. The second kappa shape index (κ2) is 26.9. The van der Waals surface area contributed by atoms with Gasteiger partial charge in [-0.2, -0.15) is 0 Å². The summed E-state index contributed by atoms with van der Waals surface area (Å²) in [6.45, 7) is 22.9. The molecule has 408 valence electrons. The van der Waals surface area contributed by atoms with Crippen LogP contribution >= 0.6 is 79.4 Å². The Morgan fingerprint density at radius 1 is 0.395 bits per heavy atom. The highest BCUT2D eigenvalue weighted by Gasteiger charge is 2.41. The van der Waals surface area contributed by atoms with Gasteiger partial charge < -0.3 is 6.15 Å². The van der Waals surface area contributed by atoms with Crippen LogP contribution in [0.4, 0.5) is 0 Å². The number of rotatable bonds is 28. The molecule has 1 aliphatic rings. The summed E-state index contributed by atoms with van der Waals surface area (Å²) in [6.07, 6.45) is 23.5. The molecular formula is C66H85NO2S7. The number of hydrogen-bond donors (Lipinski definition) is 1. The summed E-state index contributed by atoms with van der Waals surface area (Å²) in [4.78, 5) is 45.6. The van der Waals surface area contributed by atoms with E-state index in [1.165, 1.54) is 149 Å². The number of unbranched alkanes of at least 4 members (excludes halogenated alkanes) is 4. The van der Waals surface area contributed by atoms with Gasteiger partial charge in [0.1, 0.15) is 0 Å². The minimum atomic E-state index is 0. The monoisotopic (exact) mass is 1150 g/mol. The molecule has 0 amide bonds. The van der Waals surface area contributed by atoms with Crippen LogP contribution in [-0.4, -0.2) is 11.6 Å². The van der Waals surface area contributed by atoms with Crippen LogP contribution in [0.15, 0.2) is 48.5 Å². The fraction of sp³-hybridized carbons (Fsp3) is 0.515. The van der Waals surface area contributed by atoms with Crippen molar-refractivity contribution in [2.24, 2.45) is 23.7 Å². The molecule has 0 aliphatic heterocycles. The summed E-state index contributed by atoms with van der Waals surface area (Å²) in [7, 11) is 0. The van der Waals surface area contributed by atoms with E-state index in [2.05, 4.69) is 118 Å². The van der Waals surface area contributed by atoms with Gasteiger partial charge in [-0.1, -0.05) is 158 Å². The van der Waals surface area contributed by atoms with Gasteiger partial charge in [-0.3, -0.25) is 9.59 Å². The number of aryl methyl sites for hydroxylation is 2. The Bertz CT molecular complexity index is 3120. The van der Waals surface area contributed by atoms with Gasteiger partial charge >= 0.3 is 0 Å². The Kier molecular flexibility index (Phi) is 20.9. The molecular weight excluding hydrogens is 1060 g/mol. The summed E-state index contributed by atoms with van der Waals surface area (Å²) in [5.41, 5.74) is 5.60. The first-order valence-electron chi connectivity index (χ1n) is 29.1. The van der Waals surface area contributed by atoms with E-state index in [1.807, 2.05) is 45.3 Å². The maximum Gasteiger partial charge on any atom is 0.197 e. The van der Waals surface area contributed by atoms with Gasteiger partial charge in [-0.05, 0) is 112 Å². The molecule has 76 heavy (non-hydrogen) atoms. The predicted octanol–water partition coefficient (Wildman–Crippen LogP) is 23.7. The quantitative estimate of drug-likeness (QED) is 0.0531. The lowest BCUT2D eigenvalue weighted by molar-refractivity contribution is 0.0979. The molecule has 0 saturated heterocycles. The molecule has 0 fully saturated rings. The van der Waals surface area contributed by atoms with E-state index in [9.17, 15) is 0 Å². The van der Waals surface area contributed by atoms with Gasteiger partial charge in [-0.15, -0.1) is 79.4 Å². The van der Waals surface area contributed by atoms with E-state index in [0.717, 1.165) is 92.3 Å². The van der Waals surface area contributed by atoms with Crippen molar-refractivity contribution in [3.05, 3.63) is 100 Å². The average molecular weight is 1150 g/mol. The van der Waals surface area contributed by atoms with Crippen LogP contribution in [0.25, 0.3) is 60.6 Å². The second-order valence-electron chi connectivity index (χ2n) is 22.0. The molecule has 10 heteroatoms. The number of thiophene rings is 7. The van der Waals surface area contributed by atoms with E-state index in [1.54, 1.807) is 34.0 Å². The smallest absolute Gasteiger partial charge is 0.197 e. The van der Waals surface area contributed by atoms with Crippen molar-refractivity contribution < 1.29 is 9.59 Å². The van der Waals surface area contributed by atoms with Crippen molar-refractivity contribution in [3.63, 3.8) is 0 Å². The minimum Gasteiger partial charge on any atom is -0.344 e. The third-order valence-corrected chi connectivity index (χ3v) is 24.9. The molecule has 8 aromatic rings. The van der Waals surface area contributed by atoms with E-state index in [0.29, 0.717) is 23.0 Å². The molecule has 1 aliphatic carbocycles. The normalized spacial score (nSPS) is 14.2. The SMILES string of the molecule is CCCCC(CC)Cc1ccc(-c2c3cc(-c4ccc(-c5sc(C)c6c5C(=O)c5c(CC(CC)CCCC)sc(CC(CC)CCCC)c5C6=O)s4)sc3c(-c3ccc(CC(CC)CCCC)s3)c3cc(C)sc23)s1.N. The number of carbonyl (C=O) groups excluding carboxylic acids is 2. The summed E-state index contributed by atoms with van der Waals surface area (Å²) >= 11 is 13.2. The van der Waals surface area contributed by atoms with Crippen LogP contribution < -0.4 is 6.15 Å². The Morgan fingerprint density at radius 3 is 1.32 bits per heavy atom. The first kappa shape index (κ1) is 59.1. The molecule has 0 saturated carbocycles. The van der Waals surface area contributed by atoms with Crippen molar-refractivity contribution in [2.45, 2.75) is 198 Å². The Hall–Kier alpha value is -3.06. The summed E-state index contributed by atoms with van der Waals surface area (Å²) in [5, 5.41) is 2.74. The number of ketones is 2. The molecule has 4 atom stereocenters. The van der Waals surface area contributed by atoms with Crippen LogP contribution in [0.5, 0.6) is 0 Å². The van der Waals surface area contributed by atoms with Crippen molar-refractivity contribution in [1.29, 1.82) is 0 Å². The summed E-state index contributed by atoms with van der Waals surface area (Å²) in [6, 6.07) is 19.2. The second-order valence-corrected chi connectivity index (χ2v) is 30.1. The van der Waals surface area contributed by atoms with E-state index in [4.69, 9.17) is 0 Å². The van der Waals surface area contributed by atoms with Crippen LogP contribution in [-0.2, 0) is 25.7 Å². The van der Waals surface area contributed by atoms with E-state index < -0.39 is 0 Å². The first-order chi connectivity index (χ1) is 36.5. The standard InChI is InChI=1S/C66H82O2S7.H3N/c1-11-19-23-41(15-5)34-45-27-29-50(71-45)57-47-33-39(9)69-64(47)58(51-30-28-46(72-51)35-42(16-6)24-20-12-2)48-38-53(75-65(48)57)49-31-32-52(73-49)66-61-56(40(10)70-66)62(67)59-54(36-43(17-7)25-21-13-3)74-55(60(59)63(61)68)37-44(18-8)26-22-14-4;/h27-33,38,41-44H,11-26,34-37H2,1-10H3;1H3. The Labute approximate surface area is 484 Å². The fourth-order valence-corrected chi connectivity index (χ4v) is 20.7. The Morgan fingerprint density at radius 2 is 0.829 bits per heavy atom. The lowest BCUT2D eigenvalue weighted by Crippen LogP contribution is -2.22. The van der Waals surface area contributed by atoms with E-state index >= 15 is 9.59 Å². The van der Waals surface area contributed by atoms with Gasteiger partial charge in [0.2, 0.25) is 0 Å². The third kappa shape index (κ3) is 12.3. The van der Waals surface area contributed by atoms with Crippen LogP contribution in [0, 0.1) is 37.5 Å². The highest BCUT2D eigenvalue weighted by molar-refractivity contribution is 7.29. The summed E-state index contributed by atoms with van der Waals surface area (Å²) in [5.74, 6) is 2.65. The number of hydrogen-bond acceptors (Lipinski definition) is 10. The van der Waals surface area contributed by atoms with Gasteiger partial charge in [0.05, 0.1) is 10.4 Å². The van der Waals surface area contributed by atoms with Crippen LogP contribution in [0.1, 0.15) is 219 Å². The van der Waals surface area contributed by atoms with Crippen molar-refractivity contribution >= 4 is 111 Å². The van der Waals surface area contributed by atoms with Gasteiger partial charge in [0.25, 0.3) is 0 Å². The number of fused-ring (bicyclic) bond motifs is 4. The van der Waals surface area contributed by atoms with Gasteiger partial charge in [0, 0.05) is 102 Å². The zero-order chi connectivity index (χ0) is 52.9. The molecule has 3 nitrogen and oxygen atoms in total. The largest absolute Gasteiger partial charge is 0.344 e. The van der Waals surface area contributed by atoms with Crippen LogP contribution in [0.3, 0.4) is 0 Å². The zero-order valence-electron chi connectivity index (χ0n) is 47.5. The molecule has 7 heterocycles. The number of carbonyl (C=O) groups is 2. The molecule has 0 bridgehead atoms. The predicted molar refractivity (Wildman–Crippen MR) is 344 cm³/mol. The molecule has 4 unspecified atom stereocenters. The average Bonchev–Trinajstić information content (AvgIpc) is 4.32. The highest BCUT2D eigenvalue weighted by atomic mass is 32.1. The maximum absolute atomic E-state index is 15.5. The van der Waals surface area contributed by atoms with Crippen LogP contribution in [0.2, 0.25) is 0 Å². The topological polar surface area (TPSA) is 69.1 Å².